The number of ether oxygens (including phenoxy) is 1. The van der Waals surface area contributed by atoms with Crippen LogP contribution in [0.3, 0.4) is 0 Å². The van der Waals surface area contributed by atoms with Crippen LogP contribution in [0.25, 0.3) is 16.8 Å². The molecule has 0 atom stereocenters. The predicted octanol–water partition coefficient (Wildman–Crippen LogP) is 4.90. The van der Waals surface area contributed by atoms with Crippen LogP contribution in [-0.2, 0) is 16.7 Å². The van der Waals surface area contributed by atoms with Gasteiger partial charge < -0.3 is 9.64 Å². The molecule has 0 saturated carbocycles. The van der Waals surface area contributed by atoms with E-state index in [1.54, 1.807) is 60.8 Å². The van der Waals surface area contributed by atoms with Crippen molar-refractivity contribution in [1.82, 2.24) is 14.1 Å². The molecule has 1 aliphatic rings. The van der Waals surface area contributed by atoms with Gasteiger partial charge in [-0.15, -0.1) is 0 Å². The van der Waals surface area contributed by atoms with E-state index in [1.807, 2.05) is 23.1 Å². The fourth-order valence-electron chi connectivity index (χ4n) is 4.44. The molecule has 0 radical (unpaired) electrons. The van der Waals surface area contributed by atoms with Gasteiger partial charge in [-0.3, -0.25) is 4.79 Å². The summed E-state index contributed by atoms with van der Waals surface area (Å²) >= 11 is 6.02. The largest absolute Gasteiger partial charge is 0.449 e. The Morgan fingerprint density at radius 1 is 0.949 bits per heavy atom. The standard InChI is InChI=1S/C28H26ClFN4O4S/c1-39(36,37)33-15-13-32(14-16-33)26-19-31-34(24-9-7-23(29)8-10-24)28(35)27(26)38-25-11-5-21(6-12-25)22-4-2-3-20(17-22)18-30/h2-12,17,19H,13-16,18H2,1H3/i30-1. The summed E-state index contributed by atoms with van der Waals surface area (Å²) < 4.78 is 45.9. The maximum Gasteiger partial charge on any atom is 0.316 e. The minimum absolute atomic E-state index is 0.0694. The Bertz CT molecular complexity index is 1640. The van der Waals surface area contributed by atoms with E-state index in [1.165, 1.54) is 15.2 Å². The normalized spacial score (nSPS) is 14.4. The monoisotopic (exact) mass is 567 g/mol. The zero-order valence-corrected chi connectivity index (χ0v) is 22.7. The van der Waals surface area contributed by atoms with Crippen molar-refractivity contribution < 1.29 is 17.5 Å². The van der Waals surface area contributed by atoms with Gasteiger partial charge in [0.05, 0.1) is 18.1 Å². The van der Waals surface area contributed by atoms with Crippen LogP contribution in [0.15, 0.2) is 83.8 Å². The van der Waals surface area contributed by atoms with Crippen molar-refractivity contribution in [2.24, 2.45) is 0 Å². The van der Waals surface area contributed by atoms with Crippen LogP contribution in [0.1, 0.15) is 5.56 Å². The highest BCUT2D eigenvalue weighted by Crippen LogP contribution is 2.31. The third kappa shape index (κ3) is 5.98. The number of rotatable bonds is 7. The molecule has 4 aromatic rings. The van der Waals surface area contributed by atoms with Gasteiger partial charge >= 0.3 is 5.56 Å². The van der Waals surface area contributed by atoms with E-state index in [-0.39, 0.29) is 18.8 Å². The van der Waals surface area contributed by atoms with E-state index < -0.39 is 22.3 Å². The van der Waals surface area contributed by atoms with Crippen molar-refractivity contribution in [3.63, 3.8) is 0 Å². The molecule has 2 heterocycles. The van der Waals surface area contributed by atoms with Gasteiger partial charge in [0.15, 0.2) is 0 Å². The summed E-state index contributed by atoms with van der Waals surface area (Å²) in [6.07, 6.45) is 2.74. The molecule has 1 saturated heterocycles. The van der Waals surface area contributed by atoms with E-state index in [0.717, 1.165) is 11.1 Å². The highest BCUT2D eigenvalue weighted by Gasteiger charge is 2.27. The molecule has 11 heteroatoms. The van der Waals surface area contributed by atoms with E-state index in [2.05, 4.69) is 5.10 Å². The molecule has 0 bridgehead atoms. The lowest BCUT2D eigenvalue weighted by molar-refractivity contribution is 0.384. The Kier molecular flexibility index (Phi) is 7.69. The van der Waals surface area contributed by atoms with Gasteiger partial charge in [-0.1, -0.05) is 41.9 Å². The van der Waals surface area contributed by atoms with Gasteiger partial charge in [-0.25, -0.2) is 12.8 Å². The molecule has 0 aliphatic carbocycles. The molecule has 202 valence electrons. The minimum Gasteiger partial charge on any atom is -0.449 e. The summed E-state index contributed by atoms with van der Waals surface area (Å²) in [7, 11) is -3.31. The fourth-order valence-corrected chi connectivity index (χ4v) is 5.40. The molecule has 1 fully saturated rings. The van der Waals surface area contributed by atoms with Crippen LogP contribution in [0.5, 0.6) is 11.5 Å². The summed E-state index contributed by atoms with van der Waals surface area (Å²) in [6.45, 7) is 0.771. The van der Waals surface area contributed by atoms with Crippen LogP contribution >= 0.6 is 11.6 Å². The number of aromatic nitrogens is 2. The molecule has 5 rings (SSSR count). The van der Waals surface area contributed by atoms with Crippen molar-refractivity contribution in [2.75, 3.05) is 37.3 Å². The summed E-state index contributed by atoms with van der Waals surface area (Å²) in [5.41, 5.74) is 2.86. The maximum absolute atomic E-state index is 13.7. The predicted molar refractivity (Wildman–Crippen MR) is 150 cm³/mol. The van der Waals surface area contributed by atoms with Crippen LogP contribution < -0.4 is 15.2 Å². The average Bonchev–Trinajstić information content (AvgIpc) is 2.95. The maximum atomic E-state index is 13.7. The average molecular weight is 568 g/mol. The Morgan fingerprint density at radius 3 is 2.28 bits per heavy atom. The number of sulfonamides is 1. The van der Waals surface area contributed by atoms with Gasteiger partial charge in [0, 0.05) is 31.2 Å². The first-order valence-electron chi connectivity index (χ1n) is 12.2. The smallest absolute Gasteiger partial charge is 0.316 e. The molecular formula is C28H26ClFN4O4S. The summed E-state index contributed by atoms with van der Waals surface area (Å²) in [5.74, 6) is 0.502. The Morgan fingerprint density at radius 2 is 1.64 bits per heavy atom. The van der Waals surface area contributed by atoms with E-state index in [4.69, 9.17) is 16.3 Å². The quantitative estimate of drug-likeness (QED) is 0.316. The lowest BCUT2D eigenvalue weighted by atomic mass is 10.0. The highest BCUT2D eigenvalue weighted by molar-refractivity contribution is 7.88. The fraction of sp³-hybridized carbons (Fsp3) is 0.214. The highest BCUT2D eigenvalue weighted by atomic mass is 35.5. The van der Waals surface area contributed by atoms with E-state index >= 15 is 0 Å². The van der Waals surface area contributed by atoms with Crippen LogP contribution in [0.4, 0.5) is 10.1 Å². The van der Waals surface area contributed by atoms with Crippen molar-refractivity contribution in [1.29, 1.82) is 0 Å². The first-order valence-corrected chi connectivity index (χ1v) is 14.5. The Labute approximate surface area is 230 Å². The van der Waals surface area contributed by atoms with E-state index in [0.29, 0.717) is 40.8 Å². The van der Waals surface area contributed by atoms with Crippen molar-refractivity contribution >= 4 is 27.3 Å². The second-order valence-corrected chi connectivity index (χ2v) is 11.6. The third-order valence-corrected chi connectivity index (χ3v) is 8.08. The zero-order valence-electron chi connectivity index (χ0n) is 21.1. The van der Waals surface area contributed by atoms with Gasteiger partial charge in [0.2, 0.25) is 15.8 Å². The third-order valence-electron chi connectivity index (χ3n) is 6.52. The molecular weight excluding hydrogens is 542 g/mol. The lowest BCUT2D eigenvalue weighted by Crippen LogP contribution is -2.48. The first-order chi connectivity index (χ1) is 18.7. The Hall–Kier alpha value is -3.73. The Balaban J connectivity index is 1.49. The summed E-state index contributed by atoms with van der Waals surface area (Å²) in [6, 6.07) is 21.1. The molecule has 39 heavy (non-hydrogen) atoms. The van der Waals surface area contributed by atoms with Crippen molar-refractivity contribution in [2.45, 2.75) is 6.67 Å². The van der Waals surface area contributed by atoms with Crippen LogP contribution in [0.2, 0.25) is 5.02 Å². The number of nitrogens with zero attached hydrogens (tertiary/aromatic N) is 4. The number of hydrogen-bond acceptors (Lipinski definition) is 6. The molecule has 0 unspecified atom stereocenters. The van der Waals surface area contributed by atoms with E-state index in [9.17, 15) is 17.6 Å². The number of anilines is 1. The first kappa shape index (κ1) is 26.9. The van der Waals surface area contributed by atoms with Crippen molar-refractivity contribution in [3.05, 3.63) is 99.9 Å². The number of alkyl halides is 1. The van der Waals surface area contributed by atoms with Crippen molar-refractivity contribution in [3.8, 4) is 28.3 Å². The molecule has 1 aliphatic heterocycles. The molecule has 8 nitrogen and oxygen atoms in total. The summed E-state index contributed by atoms with van der Waals surface area (Å²) in [4.78, 5) is 15.6. The lowest BCUT2D eigenvalue weighted by Gasteiger charge is -2.35. The second kappa shape index (κ2) is 11.2. The molecule has 1 aromatic heterocycles. The summed E-state index contributed by atoms with van der Waals surface area (Å²) in [5, 5.41) is 4.90. The SMILES string of the molecule is CS(=O)(=O)N1CCN(c2cnn(-c3ccc(Cl)cc3)c(=O)c2Oc2ccc(-c3cccc(C[18F])c3)cc2)CC1. The molecule has 0 spiro atoms. The second-order valence-electron chi connectivity index (χ2n) is 9.16. The zero-order chi connectivity index (χ0) is 27.6. The molecule has 0 N–H and O–H groups in total. The minimum atomic E-state index is -3.31. The number of benzene rings is 3. The number of piperazine rings is 1. The van der Waals surface area contributed by atoms with Gasteiger partial charge in [0.25, 0.3) is 0 Å². The number of halogens is 2. The topological polar surface area (TPSA) is 84.7 Å². The van der Waals surface area contributed by atoms with Gasteiger partial charge in [0.1, 0.15) is 18.1 Å². The molecule has 3 aromatic carbocycles. The van der Waals surface area contributed by atoms with Crippen LogP contribution in [0, 0.1) is 0 Å². The number of hydrogen-bond donors (Lipinski definition) is 0. The van der Waals surface area contributed by atoms with Crippen LogP contribution in [-0.4, -0.2) is 54.9 Å². The molecule has 0 amide bonds. The van der Waals surface area contributed by atoms with Gasteiger partial charge in [-0.2, -0.15) is 14.1 Å². The van der Waals surface area contributed by atoms with Gasteiger partial charge in [-0.05, 0) is 59.2 Å².